The van der Waals surface area contributed by atoms with Gasteiger partial charge >= 0.3 is 0 Å². The number of halogens is 3. The maximum absolute atomic E-state index is 13.0. The fourth-order valence-corrected chi connectivity index (χ4v) is 2.59. The van der Waals surface area contributed by atoms with Gasteiger partial charge in [-0.15, -0.1) is 11.6 Å². The van der Waals surface area contributed by atoms with E-state index in [9.17, 15) is 9.18 Å². The van der Waals surface area contributed by atoms with E-state index in [4.69, 9.17) is 11.6 Å². The standard InChI is InChI=1S/C13H16ClFINO/c1-8(2)5-10(7-14)17-13(18)11-4-3-9(15)6-12(11)16/h3-4,6,8,10H,5,7H2,1-2H3,(H,17,18). The number of amides is 1. The lowest BCUT2D eigenvalue weighted by molar-refractivity contribution is 0.0935. The monoisotopic (exact) mass is 383 g/mol. The van der Waals surface area contributed by atoms with Crippen molar-refractivity contribution in [1.29, 1.82) is 0 Å². The number of alkyl halides is 1. The van der Waals surface area contributed by atoms with Crippen LogP contribution in [0.15, 0.2) is 18.2 Å². The van der Waals surface area contributed by atoms with Gasteiger partial charge in [0.05, 0.1) is 5.56 Å². The molecule has 0 bridgehead atoms. The van der Waals surface area contributed by atoms with Crippen molar-refractivity contribution in [3.63, 3.8) is 0 Å². The number of hydrogen-bond donors (Lipinski definition) is 1. The van der Waals surface area contributed by atoms with E-state index in [1.54, 1.807) is 0 Å². The molecule has 0 aliphatic carbocycles. The van der Waals surface area contributed by atoms with E-state index < -0.39 is 0 Å². The highest BCUT2D eigenvalue weighted by molar-refractivity contribution is 14.1. The van der Waals surface area contributed by atoms with Crippen molar-refractivity contribution in [3.05, 3.63) is 33.1 Å². The van der Waals surface area contributed by atoms with E-state index >= 15 is 0 Å². The lowest BCUT2D eigenvalue weighted by atomic mass is 10.0. The largest absolute Gasteiger partial charge is 0.348 e. The Labute approximate surface area is 125 Å². The highest BCUT2D eigenvalue weighted by atomic mass is 127. The van der Waals surface area contributed by atoms with Crippen molar-refractivity contribution in [2.24, 2.45) is 5.92 Å². The van der Waals surface area contributed by atoms with E-state index in [-0.39, 0.29) is 17.8 Å². The van der Waals surface area contributed by atoms with Crippen LogP contribution >= 0.6 is 34.2 Å². The third kappa shape index (κ3) is 4.72. The zero-order chi connectivity index (χ0) is 13.7. The summed E-state index contributed by atoms with van der Waals surface area (Å²) < 4.78 is 13.6. The van der Waals surface area contributed by atoms with E-state index in [1.807, 2.05) is 22.6 Å². The highest BCUT2D eigenvalue weighted by Crippen LogP contribution is 2.15. The first kappa shape index (κ1) is 15.7. The van der Waals surface area contributed by atoms with Gasteiger partial charge in [0.2, 0.25) is 0 Å². The van der Waals surface area contributed by atoms with Crippen molar-refractivity contribution in [2.75, 3.05) is 5.88 Å². The molecule has 1 N–H and O–H groups in total. The molecule has 0 spiro atoms. The number of carbonyl (C=O) groups excluding carboxylic acids is 1. The van der Waals surface area contributed by atoms with E-state index in [0.717, 1.165) is 6.42 Å². The molecule has 18 heavy (non-hydrogen) atoms. The van der Waals surface area contributed by atoms with E-state index in [2.05, 4.69) is 19.2 Å². The number of hydrogen-bond acceptors (Lipinski definition) is 1. The minimum absolute atomic E-state index is 0.0555. The Morgan fingerprint density at radius 1 is 1.50 bits per heavy atom. The van der Waals surface area contributed by atoms with Crippen molar-refractivity contribution in [3.8, 4) is 0 Å². The van der Waals surface area contributed by atoms with Crippen LogP contribution in [0.3, 0.4) is 0 Å². The molecule has 0 fully saturated rings. The van der Waals surface area contributed by atoms with Crippen LogP contribution in [0.5, 0.6) is 0 Å². The topological polar surface area (TPSA) is 29.1 Å². The van der Waals surface area contributed by atoms with Gasteiger partial charge in [0.15, 0.2) is 0 Å². The average molecular weight is 384 g/mol. The molecule has 1 atom stereocenters. The molecule has 0 aliphatic rings. The minimum Gasteiger partial charge on any atom is -0.348 e. The summed E-state index contributed by atoms with van der Waals surface area (Å²) in [5.41, 5.74) is 0.482. The van der Waals surface area contributed by atoms with Crippen LogP contribution in [0.1, 0.15) is 30.6 Å². The van der Waals surface area contributed by atoms with Crippen molar-refractivity contribution in [1.82, 2.24) is 5.32 Å². The first-order chi connectivity index (χ1) is 8.43. The Kier molecular flexibility index (Phi) is 6.35. The summed E-state index contributed by atoms with van der Waals surface area (Å²) in [6.07, 6.45) is 0.826. The molecular formula is C13H16ClFINO. The second-order valence-corrected chi connectivity index (χ2v) is 6.05. The molecule has 0 saturated carbocycles. The SMILES string of the molecule is CC(C)CC(CCl)NC(=O)c1ccc(F)cc1I. The molecule has 0 aliphatic heterocycles. The maximum Gasteiger partial charge on any atom is 0.252 e. The van der Waals surface area contributed by atoms with Gasteiger partial charge in [-0.2, -0.15) is 0 Å². The Balaban J connectivity index is 2.74. The fourth-order valence-electron chi connectivity index (χ4n) is 1.67. The van der Waals surface area contributed by atoms with Crippen LogP contribution < -0.4 is 5.32 Å². The van der Waals surface area contributed by atoms with Crippen molar-refractivity contribution >= 4 is 40.1 Å². The molecule has 0 heterocycles. The first-order valence-electron chi connectivity index (χ1n) is 5.76. The van der Waals surface area contributed by atoms with Gasteiger partial charge in [-0.05, 0) is 53.1 Å². The molecule has 1 amide bonds. The Morgan fingerprint density at radius 3 is 2.67 bits per heavy atom. The molecule has 100 valence electrons. The molecule has 1 unspecified atom stereocenters. The van der Waals surface area contributed by atoms with Gasteiger partial charge in [-0.1, -0.05) is 13.8 Å². The zero-order valence-electron chi connectivity index (χ0n) is 10.3. The van der Waals surface area contributed by atoms with Crippen molar-refractivity contribution < 1.29 is 9.18 Å². The quantitative estimate of drug-likeness (QED) is 0.608. The van der Waals surface area contributed by atoms with Crippen molar-refractivity contribution in [2.45, 2.75) is 26.3 Å². The summed E-state index contributed by atoms with van der Waals surface area (Å²) in [6, 6.07) is 4.07. The van der Waals surface area contributed by atoms with Crippen LogP contribution in [0.25, 0.3) is 0 Å². The molecule has 1 aromatic rings. The molecule has 1 aromatic carbocycles. The van der Waals surface area contributed by atoms with Gasteiger partial charge in [0, 0.05) is 15.5 Å². The summed E-state index contributed by atoms with van der Waals surface area (Å²) in [6.45, 7) is 4.15. The van der Waals surface area contributed by atoms with Gasteiger partial charge in [0.1, 0.15) is 5.82 Å². The Morgan fingerprint density at radius 2 is 2.17 bits per heavy atom. The minimum atomic E-state index is -0.341. The summed E-state index contributed by atoms with van der Waals surface area (Å²) in [4.78, 5) is 12.0. The van der Waals surface area contributed by atoms with E-state index in [1.165, 1.54) is 18.2 Å². The van der Waals surface area contributed by atoms with Crippen LogP contribution in [-0.2, 0) is 0 Å². The maximum atomic E-state index is 13.0. The van der Waals surface area contributed by atoms with Gasteiger partial charge < -0.3 is 5.32 Å². The van der Waals surface area contributed by atoms with E-state index in [0.29, 0.717) is 20.9 Å². The summed E-state index contributed by atoms with van der Waals surface area (Å²) in [5, 5.41) is 2.88. The predicted molar refractivity (Wildman–Crippen MR) is 80.5 cm³/mol. The second kappa shape index (κ2) is 7.28. The normalized spacial score (nSPS) is 12.6. The Bertz CT molecular complexity index is 425. The molecule has 0 aromatic heterocycles. The summed E-state index contributed by atoms with van der Waals surface area (Å²) in [7, 11) is 0. The van der Waals surface area contributed by atoms with Gasteiger partial charge in [-0.25, -0.2) is 4.39 Å². The molecule has 2 nitrogen and oxygen atoms in total. The van der Waals surface area contributed by atoms with Crippen LogP contribution in [0.4, 0.5) is 4.39 Å². The molecule has 1 rings (SSSR count). The lowest BCUT2D eigenvalue weighted by Gasteiger charge is -2.18. The molecule has 0 radical (unpaired) electrons. The number of carbonyl (C=O) groups is 1. The molecule has 0 saturated heterocycles. The van der Waals surface area contributed by atoms with Crippen LogP contribution in [0, 0.1) is 15.3 Å². The lowest BCUT2D eigenvalue weighted by Crippen LogP contribution is -2.37. The number of nitrogens with one attached hydrogen (secondary N) is 1. The number of benzene rings is 1. The smallest absolute Gasteiger partial charge is 0.252 e. The Hall–Kier alpha value is -0.360. The average Bonchev–Trinajstić information content (AvgIpc) is 2.27. The highest BCUT2D eigenvalue weighted by Gasteiger charge is 2.16. The van der Waals surface area contributed by atoms with Gasteiger partial charge in [0.25, 0.3) is 5.91 Å². The third-order valence-electron chi connectivity index (χ3n) is 2.45. The second-order valence-electron chi connectivity index (χ2n) is 4.58. The summed E-state index contributed by atoms with van der Waals surface area (Å²) in [5.74, 6) is 0.292. The zero-order valence-corrected chi connectivity index (χ0v) is 13.3. The number of rotatable bonds is 5. The summed E-state index contributed by atoms with van der Waals surface area (Å²) >= 11 is 7.78. The van der Waals surface area contributed by atoms with Crippen LogP contribution in [-0.4, -0.2) is 17.8 Å². The predicted octanol–water partition coefficient (Wildman–Crippen LogP) is 3.81. The van der Waals surface area contributed by atoms with Crippen LogP contribution in [0.2, 0.25) is 0 Å². The molecular weight excluding hydrogens is 368 g/mol. The fraction of sp³-hybridized carbons (Fsp3) is 0.462. The third-order valence-corrected chi connectivity index (χ3v) is 3.72. The first-order valence-corrected chi connectivity index (χ1v) is 7.37. The molecule has 5 heteroatoms. The van der Waals surface area contributed by atoms with Gasteiger partial charge in [-0.3, -0.25) is 4.79 Å².